The van der Waals surface area contributed by atoms with Crippen molar-refractivity contribution >= 4 is 17.7 Å². The molecule has 2 aliphatic heterocycles. The topological polar surface area (TPSA) is 38.8 Å². The number of amides is 1. The number of fused-ring (bicyclic) bond motifs is 1. The second kappa shape index (κ2) is 7.47. The molecule has 3 rings (SSSR count). The highest BCUT2D eigenvalue weighted by Crippen LogP contribution is 2.34. The van der Waals surface area contributed by atoms with Gasteiger partial charge in [0.05, 0.1) is 14.2 Å². The van der Waals surface area contributed by atoms with E-state index in [2.05, 4.69) is 0 Å². The van der Waals surface area contributed by atoms with Crippen LogP contribution in [0.5, 0.6) is 11.5 Å². The Labute approximate surface area is 142 Å². The summed E-state index contributed by atoms with van der Waals surface area (Å²) in [4.78, 5) is 14.6. The van der Waals surface area contributed by atoms with Crippen molar-refractivity contribution in [3.8, 4) is 11.5 Å². The van der Waals surface area contributed by atoms with Gasteiger partial charge in [0.15, 0.2) is 11.5 Å². The van der Waals surface area contributed by atoms with Crippen LogP contribution in [0.1, 0.15) is 30.4 Å². The average molecular weight is 335 g/mol. The zero-order valence-electron chi connectivity index (χ0n) is 14.0. The molecule has 0 saturated carbocycles. The Bertz CT molecular complexity index is 570. The van der Waals surface area contributed by atoms with E-state index in [1.807, 2.05) is 28.8 Å². The first-order chi connectivity index (χ1) is 11.2. The molecular formula is C18H25NO3S. The van der Waals surface area contributed by atoms with E-state index in [-0.39, 0.29) is 0 Å². The lowest BCUT2D eigenvalue weighted by Crippen LogP contribution is -2.37. The molecule has 1 aromatic carbocycles. The van der Waals surface area contributed by atoms with Crippen LogP contribution in [-0.2, 0) is 17.8 Å². The van der Waals surface area contributed by atoms with Gasteiger partial charge >= 0.3 is 0 Å². The van der Waals surface area contributed by atoms with E-state index < -0.39 is 0 Å². The average Bonchev–Trinajstić information content (AvgIpc) is 2.60. The van der Waals surface area contributed by atoms with Gasteiger partial charge in [0.2, 0.25) is 5.91 Å². The van der Waals surface area contributed by atoms with Crippen LogP contribution in [0.3, 0.4) is 0 Å². The van der Waals surface area contributed by atoms with E-state index in [1.165, 1.54) is 29.7 Å². The van der Waals surface area contributed by atoms with Crippen molar-refractivity contribution in [1.82, 2.24) is 4.90 Å². The third-order valence-corrected chi connectivity index (χ3v) is 6.07. The summed E-state index contributed by atoms with van der Waals surface area (Å²) >= 11 is 1.99. The van der Waals surface area contributed by atoms with Crippen molar-refractivity contribution in [2.24, 2.45) is 5.92 Å². The van der Waals surface area contributed by atoms with Crippen molar-refractivity contribution < 1.29 is 14.3 Å². The van der Waals surface area contributed by atoms with E-state index in [0.29, 0.717) is 24.8 Å². The smallest absolute Gasteiger partial charge is 0.223 e. The highest BCUT2D eigenvalue weighted by Gasteiger charge is 2.25. The van der Waals surface area contributed by atoms with Crippen LogP contribution < -0.4 is 9.47 Å². The van der Waals surface area contributed by atoms with Crippen LogP contribution in [0.4, 0.5) is 0 Å². The number of benzene rings is 1. The zero-order chi connectivity index (χ0) is 16.2. The van der Waals surface area contributed by atoms with Crippen LogP contribution >= 0.6 is 11.8 Å². The van der Waals surface area contributed by atoms with Crippen molar-refractivity contribution in [2.45, 2.75) is 32.2 Å². The summed E-state index contributed by atoms with van der Waals surface area (Å²) in [6, 6.07) is 4.07. The van der Waals surface area contributed by atoms with E-state index in [0.717, 1.165) is 30.2 Å². The van der Waals surface area contributed by atoms with E-state index in [4.69, 9.17) is 9.47 Å². The van der Waals surface area contributed by atoms with Crippen LogP contribution in [-0.4, -0.2) is 43.1 Å². The van der Waals surface area contributed by atoms with Crippen molar-refractivity contribution in [3.63, 3.8) is 0 Å². The van der Waals surface area contributed by atoms with Gasteiger partial charge in [0, 0.05) is 19.5 Å². The van der Waals surface area contributed by atoms with Gasteiger partial charge in [-0.05, 0) is 59.9 Å². The Kier molecular flexibility index (Phi) is 5.36. The first kappa shape index (κ1) is 16.5. The number of hydrogen-bond acceptors (Lipinski definition) is 4. The molecule has 126 valence electrons. The molecule has 0 radical (unpaired) electrons. The predicted octanol–water partition coefficient (Wildman–Crippen LogP) is 3.12. The summed E-state index contributed by atoms with van der Waals surface area (Å²) in [5, 5.41) is 0. The summed E-state index contributed by atoms with van der Waals surface area (Å²) in [6.45, 7) is 1.50. The van der Waals surface area contributed by atoms with E-state index >= 15 is 0 Å². The number of rotatable bonds is 4. The maximum Gasteiger partial charge on any atom is 0.223 e. The first-order valence-corrected chi connectivity index (χ1v) is 9.46. The van der Waals surface area contributed by atoms with Gasteiger partial charge in [-0.25, -0.2) is 0 Å². The summed E-state index contributed by atoms with van der Waals surface area (Å²) in [5.41, 5.74) is 2.44. The number of hydrogen-bond donors (Lipinski definition) is 0. The fourth-order valence-electron chi connectivity index (χ4n) is 3.44. The molecule has 0 spiro atoms. The molecule has 1 fully saturated rings. The maximum atomic E-state index is 12.6. The number of methoxy groups -OCH3 is 2. The third-order valence-electron chi connectivity index (χ3n) is 4.79. The summed E-state index contributed by atoms with van der Waals surface area (Å²) < 4.78 is 10.8. The maximum absolute atomic E-state index is 12.6. The molecular weight excluding hydrogens is 310 g/mol. The van der Waals surface area contributed by atoms with Gasteiger partial charge in [0.1, 0.15) is 0 Å². The Morgan fingerprint density at radius 1 is 1.26 bits per heavy atom. The molecule has 2 aliphatic rings. The quantitative estimate of drug-likeness (QED) is 0.847. The molecule has 0 N–H and O–H groups in total. The van der Waals surface area contributed by atoms with E-state index in [1.54, 1.807) is 14.2 Å². The molecule has 0 bridgehead atoms. The molecule has 0 aromatic heterocycles. The molecule has 1 unspecified atom stereocenters. The molecule has 1 amide bonds. The van der Waals surface area contributed by atoms with Crippen LogP contribution in [0.2, 0.25) is 0 Å². The van der Waals surface area contributed by atoms with Crippen molar-refractivity contribution in [2.75, 3.05) is 32.3 Å². The van der Waals surface area contributed by atoms with Gasteiger partial charge in [-0.3, -0.25) is 4.79 Å². The van der Waals surface area contributed by atoms with Gasteiger partial charge in [-0.2, -0.15) is 11.8 Å². The normalized spacial score (nSPS) is 20.8. The predicted molar refractivity (Wildman–Crippen MR) is 93.3 cm³/mol. The molecule has 1 saturated heterocycles. The highest BCUT2D eigenvalue weighted by atomic mass is 32.2. The molecule has 5 heteroatoms. The third kappa shape index (κ3) is 3.77. The molecule has 2 heterocycles. The van der Waals surface area contributed by atoms with Gasteiger partial charge < -0.3 is 14.4 Å². The standard InChI is InChI=1S/C18H25NO3S/c1-21-16-9-14-5-6-19(11-15(14)10-17(16)22-2)18(20)8-13-4-3-7-23-12-13/h9-10,13H,3-8,11-12H2,1-2H3. The number of carbonyl (C=O) groups excluding carboxylic acids is 1. The summed E-state index contributed by atoms with van der Waals surface area (Å²) in [7, 11) is 3.31. The minimum atomic E-state index is 0.304. The molecule has 0 aliphatic carbocycles. The van der Waals surface area contributed by atoms with Crippen molar-refractivity contribution in [3.05, 3.63) is 23.3 Å². The minimum absolute atomic E-state index is 0.304. The lowest BCUT2D eigenvalue weighted by atomic mass is 9.96. The second-order valence-corrected chi connectivity index (χ2v) is 7.48. The summed E-state index contributed by atoms with van der Waals surface area (Å²) in [6.07, 6.45) is 4.05. The van der Waals surface area contributed by atoms with Gasteiger partial charge in [0.25, 0.3) is 0 Å². The number of ether oxygens (including phenoxy) is 2. The molecule has 1 atom stereocenters. The second-order valence-electron chi connectivity index (χ2n) is 6.33. The lowest BCUT2D eigenvalue weighted by molar-refractivity contribution is -0.133. The zero-order valence-corrected chi connectivity index (χ0v) is 14.8. The Morgan fingerprint density at radius 2 is 2.00 bits per heavy atom. The van der Waals surface area contributed by atoms with Gasteiger partial charge in [-0.1, -0.05) is 0 Å². The Balaban J connectivity index is 1.68. The molecule has 23 heavy (non-hydrogen) atoms. The van der Waals surface area contributed by atoms with Crippen LogP contribution in [0.15, 0.2) is 12.1 Å². The largest absolute Gasteiger partial charge is 0.493 e. The Hall–Kier alpha value is -1.36. The number of nitrogens with zero attached hydrogens (tertiary/aromatic N) is 1. The van der Waals surface area contributed by atoms with Crippen LogP contribution in [0, 0.1) is 5.92 Å². The highest BCUT2D eigenvalue weighted by molar-refractivity contribution is 7.99. The van der Waals surface area contributed by atoms with E-state index in [9.17, 15) is 4.79 Å². The van der Waals surface area contributed by atoms with Crippen molar-refractivity contribution in [1.29, 1.82) is 0 Å². The Morgan fingerprint density at radius 3 is 2.65 bits per heavy atom. The summed E-state index contributed by atoms with van der Waals surface area (Å²) in [5.74, 6) is 4.77. The molecule has 1 aromatic rings. The fraction of sp³-hybridized carbons (Fsp3) is 0.611. The number of carbonyl (C=O) groups is 1. The SMILES string of the molecule is COc1cc2c(cc1OC)CN(C(=O)CC1CCCSC1)CC2. The number of thioether (sulfide) groups is 1. The minimum Gasteiger partial charge on any atom is -0.493 e. The molecule has 4 nitrogen and oxygen atoms in total. The van der Waals surface area contributed by atoms with Crippen LogP contribution in [0.25, 0.3) is 0 Å². The lowest BCUT2D eigenvalue weighted by Gasteiger charge is -2.31. The monoisotopic (exact) mass is 335 g/mol. The first-order valence-electron chi connectivity index (χ1n) is 8.30. The van der Waals surface area contributed by atoms with Gasteiger partial charge in [-0.15, -0.1) is 0 Å². The fourth-order valence-corrected chi connectivity index (χ4v) is 4.60.